The van der Waals surface area contributed by atoms with Crippen molar-refractivity contribution in [1.82, 2.24) is 14.6 Å². The minimum absolute atomic E-state index is 0.190. The molecule has 13 heavy (non-hydrogen) atoms. The molecule has 4 heteroatoms. The van der Waals surface area contributed by atoms with Crippen molar-refractivity contribution in [2.24, 2.45) is 0 Å². The van der Waals surface area contributed by atoms with Gasteiger partial charge in [0.2, 0.25) is 0 Å². The Balaban J connectivity index is 2.28. The Kier molecular flexibility index (Phi) is 2.23. The number of aliphatic hydroxyl groups is 1. The average Bonchev–Trinajstić information content (AvgIpc) is 2.57. The molecule has 0 unspecified atom stereocenters. The summed E-state index contributed by atoms with van der Waals surface area (Å²) in [6.45, 7) is 0.190. The number of fused-ring (bicyclic) bond motifs is 1. The summed E-state index contributed by atoms with van der Waals surface area (Å²) in [4.78, 5) is 4.29. The van der Waals surface area contributed by atoms with E-state index in [2.05, 4.69) is 10.1 Å². The maximum absolute atomic E-state index is 8.64. The molecule has 2 aromatic heterocycles. The molecule has 0 bridgehead atoms. The summed E-state index contributed by atoms with van der Waals surface area (Å²) < 4.78 is 1.74. The smallest absolute Gasteiger partial charge is 0.155 e. The number of aromatic nitrogens is 3. The van der Waals surface area contributed by atoms with E-state index in [1.54, 1.807) is 4.52 Å². The number of aliphatic hydroxyl groups excluding tert-OH is 1. The predicted molar refractivity (Wildman–Crippen MR) is 48.4 cm³/mol. The molecule has 0 spiro atoms. The minimum atomic E-state index is 0.190. The predicted octanol–water partition coefficient (Wildman–Crippen LogP) is 0.654. The zero-order valence-electron chi connectivity index (χ0n) is 7.22. The lowest BCUT2D eigenvalue weighted by Gasteiger charge is -1.88. The molecule has 0 fully saturated rings. The van der Waals surface area contributed by atoms with Crippen LogP contribution in [-0.4, -0.2) is 26.3 Å². The van der Waals surface area contributed by atoms with Crippen LogP contribution in [0.1, 0.15) is 12.2 Å². The van der Waals surface area contributed by atoms with E-state index >= 15 is 0 Å². The van der Waals surface area contributed by atoms with Crippen molar-refractivity contribution in [2.45, 2.75) is 12.8 Å². The van der Waals surface area contributed by atoms with Crippen molar-refractivity contribution < 1.29 is 5.11 Å². The maximum Gasteiger partial charge on any atom is 0.155 e. The van der Waals surface area contributed by atoms with Crippen LogP contribution in [0.3, 0.4) is 0 Å². The molecule has 0 aliphatic carbocycles. The van der Waals surface area contributed by atoms with E-state index < -0.39 is 0 Å². The summed E-state index contributed by atoms with van der Waals surface area (Å²) in [5, 5.41) is 12.9. The molecule has 4 nitrogen and oxygen atoms in total. The van der Waals surface area contributed by atoms with Gasteiger partial charge >= 0.3 is 0 Å². The van der Waals surface area contributed by atoms with Gasteiger partial charge in [0, 0.05) is 19.2 Å². The van der Waals surface area contributed by atoms with Crippen molar-refractivity contribution in [2.75, 3.05) is 6.61 Å². The molecule has 0 saturated carbocycles. The van der Waals surface area contributed by atoms with Crippen molar-refractivity contribution >= 4 is 5.65 Å². The van der Waals surface area contributed by atoms with Crippen LogP contribution in [0.2, 0.25) is 0 Å². The van der Waals surface area contributed by atoms with E-state index in [4.69, 9.17) is 5.11 Å². The highest BCUT2D eigenvalue weighted by molar-refractivity contribution is 5.36. The van der Waals surface area contributed by atoms with Crippen molar-refractivity contribution in [1.29, 1.82) is 0 Å². The number of nitrogens with zero attached hydrogens (tertiary/aromatic N) is 3. The van der Waals surface area contributed by atoms with Crippen LogP contribution in [0.25, 0.3) is 5.65 Å². The summed E-state index contributed by atoms with van der Waals surface area (Å²) in [6.07, 6.45) is 3.32. The van der Waals surface area contributed by atoms with Gasteiger partial charge in [-0.2, -0.15) is 5.10 Å². The highest BCUT2D eigenvalue weighted by atomic mass is 16.2. The summed E-state index contributed by atoms with van der Waals surface area (Å²) in [7, 11) is 0. The van der Waals surface area contributed by atoms with Crippen LogP contribution in [0.15, 0.2) is 24.4 Å². The zero-order valence-corrected chi connectivity index (χ0v) is 7.22. The van der Waals surface area contributed by atoms with Crippen LogP contribution in [0.5, 0.6) is 0 Å². The van der Waals surface area contributed by atoms with E-state index in [9.17, 15) is 0 Å². The monoisotopic (exact) mass is 177 g/mol. The van der Waals surface area contributed by atoms with Gasteiger partial charge in [0.25, 0.3) is 0 Å². The Bertz CT molecular complexity index is 363. The molecule has 0 saturated heterocycles. The Labute approximate surface area is 75.8 Å². The van der Waals surface area contributed by atoms with Crippen LogP contribution >= 0.6 is 0 Å². The topological polar surface area (TPSA) is 50.4 Å². The molecular weight excluding hydrogens is 166 g/mol. The van der Waals surface area contributed by atoms with Crippen molar-refractivity contribution in [3.8, 4) is 0 Å². The second-order valence-electron chi connectivity index (χ2n) is 2.86. The molecule has 2 heterocycles. The van der Waals surface area contributed by atoms with Gasteiger partial charge in [-0.25, -0.2) is 9.50 Å². The average molecular weight is 177 g/mol. The number of hydrogen-bond donors (Lipinski definition) is 1. The van der Waals surface area contributed by atoms with E-state index in [-0.39, 0.29) is 6.61 Å². The number of pyridine rings is 1. The Hall–Kier alpha value is -1.42. The molecule has 2 rings (SSSR count). The third kappa shape index (κ3) is 1.67. The Morgan fingerprint density at radius 2 is 2.31 bits per heavy atom. The lowest BCUT2D eigenvalue weighted by Crippen LogP contribution is -1.92. The molecule has 2 aromatic rings. The van der Waals surface area contributed by atoms with Crippen LogP contribution in [0.4, 0.5) is 0 Å². The van der Waals surface area contributed by atoms with Gasteiger partial charge in [0.1, 0.15) is 0 Å². The van der Waals surface area contributed by atoms with E-state index in [1.165, 1.54) is 0 Å². The van der Waals surface area contributed by atoms with Crippen LogP contribution < -0.4 is 0 Å². The zero-order chi connectivity index (χ0) is 9.10. The number of aryl methyl sites for hydroxylation is 1. The van der Waals surface area contributed by atoms with Gasteiger partial charge in [-0.1, -0.05) is 6.07 Å². The first kappa shape index (κ1) is 8.19. The standard InChI is InChI=1S/C9H11N3O/c13-7-3-4-8-10-9-5-1-2-6-12(9)11-8/h1-2,5-6,13H,3-4,7H2. The SMILES string of the molecule is OCCCc1nc2ccccn2n1. The quantitative estimate of drug-likeness (QED) is 0.749. The largest absolute Gasteiger partial charge is 0.396 e. The number of rotatable bonds is 3. The third-order valence-electron chi connectivity index (χ3n) is 1.84. The second kappa shape index (κ2) is 3.53. The summed E-state index contributed by atoms with van der Waals surface area (Å²) in [6, 6.07) is 5.76. The first-order chi connectivity index (χ1) is 6.40. The molecule has 0 atom stereocenters. The van der Waals surface area contributed by atoms with Gasteiger partial charge in [-0.3, -0.25) is 0 Å². The van der Waals surface area contributed by atoms with E-state index in [0.717, 1.165) is 24.3 Å². The first-order valence-electron chi connectivity index (χ1n) is 4.31. The highest BCUT2D eigenvalue weighted by Crippen LogP contribution is 2.01. The van der Waals surface area contributed by atoms with Gasteiger partial charge in [0.05, 0.1) is 0 Å². The Morgan fingerprint density at radius 1 is 1.38 bits per heavy atom. The number of hydrogen-bond acceptors (Lipinski definition) is 3. The maximum atomic E-state index is 8.64. The molecule has 0 amide bonds. The van der Waals surface area contributed by atoms with Gasteiger partial charge in [0.15, 0.2) is 11.5 Å². The summed E-state index contributed by atoms with van der Waals surface area (Å²) in [5.41, 5.74) is 0.857. The van der Waals surface area contributed by atoms with Crippen LogP contribution in [-0.2, 0) is 6.42 Å². The van der Waals surface area contributed by atoms with E-state index in [1.807, 2.05) is 24.4 Å². The molecular formula is C9H11N3O. The summed E-state index contributed by atoms with van der Waals surface area (Å²) in [5.74, 6) is 0.792. The molecule has 1 N–H and O–H groups in total. The van der Waals surface area contributed by atoms with Crippen molar-refractivity contribution in [3.05, 3.63) is 30.2 Å². The molecule has 0 aromatic carbocycles. The van der Waals surface area contributed by atoms with Crippen LogP contribution in [0, 0.1) is 0 Å². The van der Waals surface area contributed by atoms with Gasteiger partial charge in [-0.15, -0.1) is 0 Å². The van der Waals surface area contributed by atoms with Gasteiger partial charge in [-0.05, 0) is 18.6 Å². The second-order valence-corrected chi connectivity index (χ2v) is 2.86. The summed E-state index contributed by atoms with van der Waals surface area (Å²) >= 11 is 0. The fraction of sp³-hybridized carbons (Fsp3) is 0.333. The van der Waals surface area contributed by atoms with Crippen molar-refractivity contribution in [3.63, 3.8) is 0 Å². The lowest BCUT2D eigenvalue weighted by molar-refractivity contribution is 0.287. The first-order valence-corrected chi connectivity index (χ1v) is 4.31. The fourth-order valence-electron chi connectivity index (χ4n) is 1.22. The molecule has 0 aliphatic heterocycles. The molecule has 0 aliphatic rings. The normalized spacial score (nSPS) is 10.8. The highest BCUT2D eigenvalue weighted by Gasteiger charge is 2.00. The van der Waals surface area contributed by atoms with Gasteiger partial charge < -0.3 is 5.11 Å². The Morgan fingerprint density at radius 3 is 3.08 bits per heavy atom. The minimum Gasteiger partial charge on any atom is -0.396 e. The molecule has 0 radical (unpaired) electrons. The third-order valence-corrected chi connectivity index (χ3v) is 1.84. The lowest BCUT2D eigenvalue weighted by atomic mass is 10.3. The fourth-order valence-corrected chi connectivity index (χ4v) is 1.22. The van der Waals surface area contributed by atoms with E-state index in [0.29, 0.717) is 0 Å². The molecule has 68 valence electrons.